The van der Waals surface area contributed by atoms with Crippen LogP contribution in [-0.4, -0.2) is 34.3 Å². The van der Waals surface area contributed by atoms with Gasteiger partial charge in [-0.25, -0.2) is 9.97 Å². The molecule has 1 N–H and O–H groups in total. The molecule has 116 valence electrons. The third-order valence-corrected chi connectivity index (χ3v) is 4.00. The lowest BCUT2D eigenvalue weighted by Gasteiger charge is -2.27. The Balaban J connectivity index is 1.77. The average Bonchev–Trinajstić information content (AvgIpc) is 2.55. The second kappa shape index (κ2) is 6.70. The van der Waals surface area contributed by atoms with Crippen molar-refractivity contribution in [3.8, 4) is 0 Å². The third-order valence-electron chi connectivity index (χ3n) is 4.00. The van der Waals surface area contributed by atoms with Gasteiger partial charge in [-0.2, -0.15) is 0 Å². The molecule has 1 aliphatic carbocycles. The molecule has 2 heterocycles. The van der Waals surface area contributed by atoms with Gasteiger partial charge in [-0.15, -0.1) is 0 Å². The molecule has 1 atom stereocenters. The minimum Gasteiger partial charge on any atom is -0.383 e. The highest BCUT2D eigenvalue weighted by molar-refractivity contribution is 5.31. The second-order valence-electron chi connectivity index (χ2n) is 5.44. The molecule has 6 nitrogen and oxygen atoms in total. The van der Waals surface area contributed by atoms with E-state index in [1.165, 1.54) is 5.56 Å². The van der Waals surface area contributed by atoms with Gasteiger partial charge in [-0.3, -0.25) is 4.79 Å². The Kier molecular flexibility index (Phi) is 4.48. The van der Waals surface area contributed by atoms with Crippen LogP contribution in [0.15, 0.2) is 35.4 Å². The maximum Gasteiger partial charge on any atom is 0.250 e. The van der Waals surface area contributed by atoms with Gasteiger partial charge in [0.15, 0.2) is 0 Å². The van der Waals surface area contributed by atoms with Crippen molar-refractivity contribution in [1.29, 1.82) is 0 Å². The predicted molar refractivity (Wildman–Crippen MR) is 84.0 cm³/mol. The number of hydrogen-bond donors (Lipinski definition) is 1. The highest BCUT2D eigenvalue weighted by Crippen LogP contribution is 2.22. The van der Waals surface area contributed by atoms with Crippen molar-refractivity contribution in [2.24, 2.45) is 0 Å². The molecule has 0 unspecified atom stereocenters. The van der Waals surface area contributed by atoms with Gasteiger partial charge < -0.3 is 14.6 Å². The van der Waals surface area contributed by atoms with E-state index in [0.29, 0.717) is 25.1 Å². The molecule has 0 saturated heterocycles. The lowest BCUT2D eigenvalue weighted by atomic mass is 9.91. The van der Waals surface area contributed by atoms with E-state index in [0.717, 1.165) is 25.0 Å². The Labute approximate surface area is 129 Å². The van der Waals surface area contributed by atoms with E-state index in [4.69, 9.17) is 4.74 Å². The van der Waals surface area contributed by atoms with E-state index < -0.39 is 0 Å². The number of rotatable bonds is 5. The highest BCUT2D eigenvalue weighted by atomic mass is 16.5. The zero-order chi connectivity index (χ0) is 15.4. The van der Waals surface area contributed by atoms with E-state index in [2.05, 4.69) is 15.3 Å². The molecular weight excluding hydrogens is 280 g/mol. The summed E-state index contributed by atoms with van der Waals surface area (Å²) in [4.78, 5) is 20.5. The van der Waals surface area contributed by atoms with Gasteiger partial charge in [0, 0.05) is 43.9 Å². The highest BCUT2D eigenvalue weighted by Gasteiger charge is 2.21. The molecular formula is C16H20N4O2. The summed E-state index contributed by atoms with van der Waals surface area (Å²) in [6.07, 6.45) is 6.17. The molecule has 2 aromatic rings. The molecule has 0 amide bonds. The Bertz CT molecular complexity index is 684. The molecule has 0 fully saturated rings. The number of hydrogen-bond acceptors (Lipinski definition) is 5. The summed E-state index contributed by atoms with van der Waals surface area (Å²) < 4.78 is 6.94. The molecule has 0 spiro atoms. The van der Waals surface area contributed by atoms with Gasteiger partial charge in [0.2, 0.25) is 5.95 Å². The lowest BCUT2D eigenvalue weighted by Crippen LogP contribution is -2.34. The third kappa shape index (κ3) is 3.17. The number of aromatic nitrogens is 3. The van der Waals surface area contributed by atoms with E-state index in [9.17, 15) is 4.79 Å². The van der Waals surface area contributed by atoms with Crippen molar-refractivity contribution in [1.82, 2.24) is 14.5 Å². The molecule has 0 bridgehead atoms. The van der Waals surface area contributed by atoms with Crippen LogP contribution >= 0.6 is 0 Å². The zero-order valence-corrected chi connectivity index (χ0v) is 12.7. The fourth-order valence-corrected chi connectivity index (χ4v) is 2.93. The molecule has 0 aliphatic heterocycles. The average molecular weight is 300 g/mol. The van der Waals surface area contributed by atoms with Crippen LogP contribution in [0.3, 0.4) is 0 Å². The van der Waals surface area contributed by atoms with Crippen LogP contribution in [0.4, 0.5) is 5.95 Å². The van der Waals surface area contributed by atoms with Gasteiger partial charge in [0.25, 0.3) is 5.56 Å². The van der Waals surface area contributed by atoms with Crippen molar-refractivity contribution >= 4 is 5.95 Å². The Morgan fingerprint density at radius 3 is 2.95 bits per heavy atom. The number of methoxy groups -OCH3 is 1. The molecule has 0 saturated carbocycles. The zero-order valence-electron chi connectivity index (χ0n) is 12.7. The largest absolute Gasteiger partial charge is 0.383 e. The van der Waals surface area contributed by atoms with Crippen LogP contribution < -0.4 is 10.9 Å². The molecule has 2 aromatic heterocycles. The molecule has 0 aromatic carbocycles. The quantitative estimate of drug-likeness (QED) is 0.900. The van der Waals surface area contributed by atoms with Crippen molar-refractivity contribution in [3.63, 3.8) is 0 Å². The number of ether oxygens (including phenoxy) is 1. The van der Waals surface area contributed by atoms with Crippen LogP contribution in [0.1, 0.15) is 17.7 Å². The Morgan fingerprint density at radius 1 is 1.36 bits per heavy atom. The minimum absolute atomic E-state index is 0.0496. The number of anilines is 1. The summed E-state index contributed by atoms with van der Waals surface area (Å²) in [5, 5.41) is 3.36. The normalized spacial score (nSPS) is 17.0. The van der Waals surface area contributed by atoms with Crippen LogP contribution in [0.25, 0.3) is 0 Å². The maximum atomic E-state index is 12.0. The van der Waals surface area contributed by atoms with Gasteiger partial charge >= 0.3 is 0 Å². The summed E-state index contributed by atoms with van der Waals surface area (Å²) in [7, 11) is 1.65. The second-order valence-corrected chi connectivity index (χ2v) is 5.44. The van der Waals surface area contributed by atoms with Crippen molar-refractivity contribution in [2.45, 2.75) is 31.8 Å². The van der Waals surface area contributed by atoms with Crippen LogP contribution in [0.5, 0.6) is 0 Å². The number of fused-ring (bicyclic) bond motifs is 1. The van der Waals surface area contributed by atoms with E-state index in [1.54, 1.807) is 31.6 Å². The first-order valence-electron chi connectivity index (χ1n) is 7.52. The summed E-state index contributed by atoms with van der Waals surface area (Å²) in [6, 6.07) is 5.69. The first-order valence-corrected chi connectivity index (χ1v) is 7.52. The topological polar surface area (TPSA) is 69.0 Å². The fraction of sp³-hybridized carbons (Fsp3) is 0.438. The van der Waals surface area contributed by atoms with E-state index >= 15 is 0 Å². The van der Waals surface area contributed by atoms with Gasteiger partial charge in [-0.05, 0) is 30.9 Å². The monoisotopic (exact) mass is 300 g/mol. The first-order chi connectivity index (χ1) is 10.8. The molecule has 3 rings (SSSR count). The molecule has 6 heteroatoms. The summed E-state index contributed by atoms with van der Waals surface area (Å²) in [6.45, 7) is 1.16. The Hall–Kier alpha value is -2.21. The van der Waals surface area contributed by atoms with Gasteiger partial charge in [0.1, 0.15) is 0 Å². The van der Waals surface area contributed by atoms with Crippen LogP contribution in [0, 0.1) is 0 Å². The standard InChI is InChI=1S/C16H20N4O2/c1-22-10-9-20-14-5-4-13(11-12(14)3-6-15(20)21)19-16-17-7-2-8-18-16/h2-3,6-8,13H,4-5,9-11H2,1H3,(H,17,18,19)/t13-/m0/s1. The van der Waals surface area contributed by atoms with Crippen LogP contribution in [-0.2, 0) is 24.1 Å². The number of pyridine rings is 1. The Morgan fingerprint density at radius 2 is 2.18 bits per heavy atom. The van der Waals surface area contributed by atoms with Gasteiger partial charge in [-0.1, -0.05) is 6.07 Å². The van der Waals surface area contributed by atoms with Crippen LogP contribution in [0.2, 0.25) is 0 Å². The fourth-order valence-electron chi connectivity index (χ4n) is 2.93. The summed E-state index contributed by atoms with van der Waals surface area (Å²) in [5.74, 6) is 0.656. The van der Waals surface area contributed by atoms with Gasteiger partial charge in [0.05, 0.1) is 6.61 Å². The molecule has 0 radical (unpaired) electrons. The molecule has 1 aliphatic rings. The van der Waals surface area contributed by atoms with E-state index in [-0.39, 0.29) is 5.56 Å². The van der Waals surface area contributed by atoms with Crippen molar-refractivity contribution in [2.75, 3.05) is 19.0 Å². The SMILES string of the molecule is COCCn1c2c(ccc1=O)C[C@@H](Nc1ncccn1)CC2. The summed E-state index contributed by atoms with van der Waals surface area (Å²) in [5.41, 5.74) is 2.40. The molecule has 22 heavy (non-hydrogen) atoms. The minimum atomic E-state index is 0.0496. The van der Waals surface area contributed by atoms with Crippen molar-refractivity contribution in [3.05, 3.63) is 52.2 Å². The number of nitrogens with zero attached hydrogens (tertiary/aromatic N) is 3. The predicted octanol–water partition coefficient (Wildman–Crippen LogP) is 1.25. The van der Waals surface area contributed by atoms with Crippen molar-refractivity contribution < 1.29 is 4.74 Å². The first kappa shape index (κ1) is 14.7. The lowest BCUT2D eigenvalue weighted by molar-refractivity contribution is 0.185. The smallest absolute Gasteiger partial charge is 0.250 e. The maximum absolute atomic E-state index is 12.0. The number of nitrogens with one attached hydrogen (secondary N) is 1. The summed E-state index contributed by atoms with van der Waals surface area (Å²) >= 11 is 0. The van der Waals surface area contributed by atoms with E-state index in [1.807, 2.05) is 10.6 Å².